The minimum Gasteiger partial charge on any atom is -0.383 e. The number of amides is 1. The molecule has 1 heterocycles. The molecule has 5 heteroatoms. The van der Waals surface area contributed by atoms with Gasteiger partial charge in [0.05, 0.1) is 13.2 Å². The van der Waals surface area contributed by atoms with E-state index >= 15 is 0 Å². The number of carbonyl (C=O) groups excluding carboxylic acids is 1. The summed E-state index contributed by atoms with van der Waals surface area (Å²) in [4.78, 5) is 14.1. The fraction of sp³-hybridized carbons (Fsp3) is 0.933. The zero-order chi connectivity index (χ0) is 15.0. The Hall–Kier alpha value is -0.650. The van der Waals surface area contributed by atoms with Gasteiger partial charge in [-0.15, -0.1) is 0 Å². The van der Waals surface area contributed by atoms with Gasteiger partial charge in [0.25, 0.3) is 0 Å². The average Bonchev–Trinajstić information content (AvgIpc) is 2.37. The number of hydrogen-bond donors (Lipinski definition) is 2. The molecule has 1 aliphatic heterocycles. The van der Waals surface area contributed by atoms with Gasteiger partial charge in [0.1, 0.15) is 0 Å². The van der Waals surface area contributed by atoms with Crippen molar-refractivity contribution >= 4 is 5.91 Å². The molecule has 1 atom stereocenters. The van der Waals surface area contributed by atoms with Gasteiger partial charge >= 0.3 is 0 Å². The molecule has 0 aromatic carbocycles. The quantitative estimate of drug-likeness (QED) is 0.694. The molecule has 0 radical (unpaired) electrons. The second-order valence-corrected chi connectivity index (χ2v) is 6.21. The van der Waals surface area contributed by atoms with E-state index in [-0.39, 0.29) is 11.9 Å². The second-order valence-electron chi connectivity index (χ2n) is 6.21. The van der Waals surface area contributed by atoms with Gasteiger partial charge in [0, 0.05) is 19.2 Å². The van der Waals surface area contributed by atoms with Gasteiger partial charge in [-0.1, -0.05) is 13.8 Å². The summed E-state index contributed by atoms with van der Waals surface area (Å²) >= 11 is 0. The fourth-order valence-corrected chi connectivity index (χ4v) is 2.57. The van der Waals surface area contributed by atoms with Gasteiger partial charge in [-0.05, 0) is 45.3 Å². The Bertz CT molecular complexity index is 276. The zero-order valence-electron chi connectivity index (χ0n) is 13.4. The van der Waals surface area contributed by atoms with E-state index in [4.69, 9.17) is 4.74 Å². The van der Waals surface area contributed by atoms with E-state index in [0.717, 1.165) is 25.6 Å². The minimum atomic E-state index is 0.0836. The first-order chi connectivity index (χ1) is 9.51. The number of rotatable bonds is 8. The number of hydrogen-bond acceptors (Lipinski definition) is 4. The predicted molar refractivity (Wildman–Crippen MR) is 81.8 cm³/mol. The summed E-state index contributed by atoms with van der Waals surface area (Å²) in [6.45, 7) is 10.6. The largest absolute Gasteiger partial charge is 0.383 e. The highest BCUT2D eigenvalue weighted by Crippen LogP contribution is 2.16. The lowest BCUT2D eigenvalue weighted by Crippen LogP contribution is -2.45. The van der Waals surface area contributed by atoms with Crippen LogP contribution in [0.3, 0.4) is 0 Å². The number of carbonyl (C=O) groups is 1. The van der Waals surface area contributed by atoms with Crippen LogP contribution in [0, 0.1) is 5.92 Å². The Kier molecular flexibility index (Phi) is 8.11. The van der Waals surface area contributed by atoms with Crippen molar-refractivity contribution < 1.29 is 9.53 Å². The van der Waals surface area contributed by atoms with Crippen molar-refractivity contribution in [2.45, 2.75) is 45.7 Å². The molecule has 1 fully saturated rings. The first kappa shape index (κ1) is 17.4. The lowest BCUT2D eigenvalue weighted by atomic mass is 9.96. The summed E-state index contributed by atoms with van der Waals surface area (Å²) in [5, 5.41) is 6.46. The smallest absolute Gasteiger partial charge is 0.234 e. The van der Waals surface area contributed by atoms with Crippen molar-refractivity contribution in [3.63, 3.8) is 0 Å². The molecular weight excluding hydrogens is 254 g/mol. The van der Waals surface area contributed by atoms with Gasteiger partial charge in [-0.2, -0.15) is 0 Å². The average molecular weight is 285 g/mol. The van der Waals surface area contributed by atoms with E-state index in [9.17, 15) is 4.79 Å². The molecule has 1 unspecified atom stereocenters. The molecule has 0 spiro atoms. The highest BCUT2D eigenvalue weighted by Gasteiger charge is 2.21. The molecule has 1 aliphatic rings. The van der Waals surface area contributed by atoms with Crippen molar-refractivity contribution in [3.05, 3.63) is 0 Å². The van der Waals surface area contributed by atoms with E-state index in [0.29, 0.717) is 19.2 Å². The normalized spacial score (nSPS) is 19.2. The lowest BCUT2D eigenvalue weighted by Gasteiger charge is -2.32. The van der Waals surface area contributed by atoms with Gasteiger partial charge in [-0.3, -0.25) is 9.69 Å². The standard InChI is InChI=1S/C15H31N3O2/c1-12(2)16-9-14-5-7-18(8-6-14)10-15(19)17-13(3)11-20-4/h12-14,16H,5-11H2,1-4H3,(H,17,19). The van der Waals surface area contributed by atoms with Crippen LogP contribution in [0.15, 0.2) is 0 Å². The molecule has 0 bridgehead atoms. The monoisotopic (exact) mass is 285 g/mol. The van der Waals surface area contributed by atoms with Crippen LogP contribution in [-0.2, 0) is 9.53 Å². The molecule has 0 saturated carbocycles. The summed E-state index contributed by atoms with van der Waals surface area (Å²) in [5.41, 5.74) is 0. The Morgan fingerprint density at radius 3 is 2.50 bits per heavy atom. The molecule has 2 N–H and O–H groups in total. The number of likely N-dealkylation sites (tertiary alicyclic amines) is 1. The summed E-state index contributed by atoms with van der Waals surface area (Å²) in [6.07, 6.45) is 2.36. The highest BCUT2D eigenvalue weighted by molar-refractivity contribution is 5.78. The number of piperidine rings is 1. The number of nitrogens with zero attached hydrogens (tertiary/aromatic N) is 1. The third-order valence-corrected chi connectivity index (χ3v) is 3.71. The Balaban J connectivity index is 2.16. The molecular formula is C15H31N3O2. The van der Waals surface area contributed by atoms with Crippen LogP contribution in [0.2, 0.25) is 0 Å². The van der Waals surface area contributed by atoms with E-state index < -0.39 is 0 Å². The topological polar surface area (TPSA) is 53.6 Å². The number of nitrogens with one attached hydrogen (secondary N) is 2. The molecule has 118 valence electrons. The van der Waals surface area contributed by atoms with Crippen LogP contribution in [0.1, 0.15) is 33.6 Å². The van der Waals surface area contributed by atoms with Gasteiger partial charge < -0.3 is 15.4 Å². The Morgan fingerprint density at radius 2 is 1.95 bits per heavy atom. The Labute approximate surface area is 123 Å². The van der Waals surface area contributed by atoms with E-state index in [2.05, 4.69) is 29.4 Å². The maximum atomic E-state index is 11.9. The summed E-state index contributed by atoms with van der Waals surface area (Å²) in [6, 6.07) is 0.640. The van der Waals surface area contributed by atoms with Gasteiger partial charge in [0.2, 0.25) is 5.91 Å². The maximum Gasteiger partial charge on any atom is 0.234 e. The summed E-state index contributed by atoms with van der Waals surface area (Å²) < 4.78 is 5.02. The third kappa shape index (κ3) is 7.22. The molecule has 1 saturated heterocycles. The predicted octanol–water partition coefficient (Wildman–Crippen LogP) is 0.848. The first-order valence-electron chi connectivity index (χ1n) is 7.75. The fourth-order valence-electron chi connectivity index (χ4n) is 2.57. The van der Waals surface area contributed by atoms with Crippen molar-refractivity contribution in [1.82, 2.24) is 15.5 Å². The van der Waals surface area contributed by atoms with E-state index in [1.54, 1.807) is 7.11 Å². The van der Waals surface area contributed by atoms with Gasteiger partial charge in [0.15, 0.2) is 0 Å². The highest BCUT2D eigenvalue weighted by atomic mass is 16.5. The molecule has 1 amide bonds. The molecule has 0 aromatic heterocycles. The van der Waals surface area contributed by atoms with Crippen molar-refractivity contribution in [2.24, 2.45) is 5.92 Å². The van der Waals surface area contributed by atoms with Gasteiger partial charge in [-0.25, -0.2) is 0 Å². The first-order valence-corrected chi connectivity index (χ1v) is 7.75. The molecule has 1 rings (SSSR count). The van der Waals surface area contributed by atoms with Crippen LogP contribution >= 0.6 is 0 Å². The van der Waals surface area contributed by atoms with Crippen LogP contribution < -0.4 is 10.6 Å². The second kappa shape index (κ2) is 9.32. The van der Waals surface area contributed by atoms with Crippen LogP contribution in [0.5, 0.6) is 0 Å². The lowest BCUT2D eigenvalue weighted by molar-refractivity contribution is -0.123. The van der Waals surface area contributed by atoms with Crippen LogP contribution in [0.25, 0.3) is 0 Å². The number of methoxy groups -OCH3 is 1. The minimum absolute atomic E-state index is 0.0836. The number of ether oxygens (including phenoxy) is 1. The molecule has 5 nitrogen and oxygen atoms in total. The Morgan fingerprint density at radius 1 is 1.30 bits per heavy atom. The van der Waals surface area contributed by atoms with Crippen molar-refractivity contribution in [3.8, 4) is 0 Å². The van der Waals surface area contributed by atoms with Crippen molar-refractivity contribution in [1.29, 1.82) is 0 Å². The third-order valence-electron chi connectivity index (χ3n) is 3.71. The van der Waals surface area contributed by atoms with Crippen LogP contribution in [0.4, 0.5) is 0 Å². The molecule has 20 heavy (non-hydrogen) atoms. The van der Waals surface area contributed by atoms with Crippen molar-refractivity contribution in [2.75, 3.05) is 39.9 Å². The summed E-state index contributed by atoms with van der Waals surface area (Å²) in [7, 11) is 1.65. The molecule has 0 aliphatic carbocycles. The van der Waals surface area contributed by atoms with E-state index in [1.165, 1.54) is 12.8 Å². The maximum absolute atomic E-state index is 11.9. The van der Waals surface area contributed by atoms with E-state index in [1.807, 2.05) is 6.92 Å². The summed E-state index contributed by atoms with van der Waals surface area (Å²) in [5.74, 6) is 0.859. The molecule has 0 aromatic rings. The van der Waals surface area contributed by atoms with Crippen LogP contribution in [-0.4, -0.2) is 62.8 Å². The zero-order valence-corrected chi connectivity index (χ0v) is 13.4. The SMILES string of the molecule is COCC(C)NC(=O)CN1CCC(CNC(C)C)CC1.